The minimum absolute atomic E-state index is 0.296. The first kappa shape index (κ1) is 12.6. The van der Waals surface area contributed by atoms with Crippen molar-refractivity contribution in [2.75, 3.05) is 13.2 Å². The molecule has 94 valence electrons. The van der Waals surface area contributed by atoms with Gasteiger partial charge < -0.3 is 5.11 Å². The number of likely N-dealkylation sites (tertiary alicyclic amines) is 1. The molecule has 0 aromatic heterocycles. The van der Waals surface area contributed by atoms with Crippen molar-refractivity contribution in [1.29, 1.82) is 0 Å². The molecule has 0 bridgehead atoms. The zero-order chi connectivity index (χ0) is 12.3. The fraction of sp³-hybridized carbons (Fsp3) is 0.600. The Balaban J connectivity index is 1.99. The Hall–Kier alpha value is -0.860. The van der Waals surface area contributed by atoms with Crippen LogP contribution in [0.15, 0.2) is 24.3 Å². The van der Waals surface area contributed by atoms with E-state index in [0.717, 1.165) is 19.5 Å². The van der Waals surface area contributed by atoms with Gasteiger partial charge in [-0.3, -0.25) is 4.90 Å². The first-order valence-electron chi connectivity index (χ1n) is 6.64. The van der Waals surface area contributed by atoms with Gasteiger partial charge in [-0.25, -0.2) is 0 Å². The molecule has 1 aliphatic rings. The lowest BCUT2D eigenvalue weighted by molar-refractivity contribution is 0.153. The van der Waals surface area contributed by atoms with E-state index in [-0.39, 0.29) is 0 Å². The average Bonchev–Trinajstić information content (AvgIpc) is 2.77. The van der Waals surface area contributed by atoms with Gasteiger partial charge in [0.15, 0.2) is 0 Å². The van der Waals surface area contributed by atoms with Gasteiger partial charge >= 0.3 is 0 Å². The molecule has 0 radical (unpaired) electrons. The Kier molecular flexibility index (Phi) is 4.19. The van der Waals surface area contributed by atoms with Crippen molar-refractivity contribution in [3.05, 3.63) is 35.4 Å². The SMILES string of the molecule is CC(C)c1ccc(CN2CCCC2CO)cc1. The number of nitrogens with zero attached hydrogens (tertiary/aromatic N) is 1. The van der Waals surface area contributed by atoms with Crippen LogP contribution in [0.5, 0.6) is 0 Å². The molecule has 1 unspecified atom stereocenters. The monoisotopic (exact) mass is 233 g/mol. The fourth-order valence-electron chi connectivity index (χ4n) is 2.55. The fourth-order valence-corrected chi connectivity index (χ4v) is 2.55. The Labute approximate surface area is 104 Å². The first-order valence-corrected chi connectivity index (χ1v) is 6.64. The maximum Gasteiger partial charge on any atom is 0.0587 e. The molecule has 1 atom stereocenters. The van der Waals surface area contributed by atoms with Crippen molar-refractivity contribution in [2.24, 2.45) is 0 Å². The third kappa shape index (κ3) is 3.08. The Morgan fingerprint density at radius 3 is 2.59 bits per heavy atom. The average molecular weight is 233 g/mol. The summed E-state index contributed by atoms with van der Waals surface area (Å²) in [5, 5.41) is 9.29. The Morgan fingerprint density at radius 2 is 2.00 bits per heavy atom. The van der Waals surface area contributed by atoms with Gasteiger partial charge in [0, 0.05) is 12.6 Å². The molecule has 1 N–H and O–H groups in total. The van der Waals surface area contributed by atoms with Crippen LogP contribution in [-0.2, 0) is 6.54 Å². The number of hydrogen-bond acceptors (Lipinski definition) is 2. The summed E-state index contributed by atoms with van der Waals surface area (Å²) < 4.78 is 0. The second-order valence-electron chi connectivity index (χ2n) is 5.35. The highest BCUT2D eigenvalue weighted by Crippen LogP contribution is 2.21. The molecule has 1 fully saturated rings. The van der Waals surface area contributed by atoms with Crippen molar-refractivity contribution in [1.82, 2.24) is 4.90 Å². The van der Waals surface area contributed by atoms with Gasteiger partial charge in [-0.05, 0) is 36.4 Å². The van der Waals surface area contributed by atoms with Crippen molar-refractivity contribution in [3.8, 4) is 0 Å². The van der Waals surface area contributed by atoms with E-state index in [9.17, 15) is 5.11 Å². The number of rotatable bonds is 4. The molecule has 0 saturated carbocycles. The molecule has 0 aliphatic carbocycles. The van der Waals surface area contributed by atoms with E-state index in [0.29, 0.717) is 18.6 Å². The van der Waals surface area contributed by atoms with Crippen LogP contribution in [0.3, 0.4) is 0 Å². The molecule has 17 heavy (non-hydrogen) atoms. The molecular weight excluding hydrogens is 210 g/mol. The number of aliphatic hydroxyl groups excluding tert-OH is 1. The highest BCUT2D eigenvalue weighted by molar-refractivity contribution is 5.24. The van der Waals surface area contributed by atoms with Crippen molar-refractivity contribution < 1.29 is 5.11 Å². The van der Waals surface area contributed by atoms with Crippen LogP contribution in [0.4, 0.5) is 0 Å². The van der Waals surface area contributed by atoms with Crippen LogP contribution < -0.4 is 0 Å². The second-order valence-corrected chi connectivity index (χ2v) is 5.35. The first-order chi connectivity index (χ1) is 8.20. The molecular formula is C15H23NO. The highest BCUT2D eigenvalue weighted by Gasteiger charge is 2.23. The summed E-state index contributed by atoms with van der Waals surface area (Å²) >= 11 is 0. The number of aliphatic hydroxyl groups is 1. The molecule has 1 heterocycles. The molecule has 1 aromatic rings. The van der Waals surface area contributed by atoms with Gasteiger partial charge in [-0.2, -0.15) is 0 Å². The van der Waals surface area contributed by atoms with Crippen LogP contribution >= 0.6 is 0 Å². The third-order valence-corrected chi connectivity index (χ3v) is 3.74. The van der Waals surface area contributed by atoms with Crippen molar-refractivity contribution in [3.63, 3.8) is 0 Å². The summed E-state index contributed by atoms with van der Waals surface area (Å²) in [6.45, 7) is 6.83. The quantitative estimate of drug-likeness (QED) is 0.864. The normalized spacial score (nSPS) is 21.3. The van der Waals surface area contributed by atoms with Crippen LogP contribution in [0.1, 0.15) is 43.7 Å². The summed E-state index contributed by atoms with van der Waals surface area (Å²) in [6.07, 6.45) is 2.36. The van der Waals surface area contributed by atoms with Gasteiger partial charge in [0.1, 0.15) is 0 Å². The smallest absolute Gasteiger partial charge is 0.0587 e. The van der Waals surface area contributed by atoms with E-state index in [2.05, 4.69) is 43.0 Å². The molecule has 2 heteroatoms. The summed E-state index contributed by atoms with van der Waals surface area (Å²) in [5.41, 5.74) is 2.75. The lowest BCUT2D eigenvalue weighted by Crippen LogP contribution is -2.31. The van der Waals surface area contributed by atoms with Gasteiger partial charge in [-0.1, -0.05) is 38.1 Å². The number of hydrogen-bond donors (Lipinski definition) is 1. The predicted octanol–water partition coefficient (Wildman–Crippen LogP) is 2.77. The van der Waals surface area contributed by atoms with Crippen LogP contribution in [0.2, 0.25) is 0 Å². The van der Waals surface area contributed by atoms with E-state index in [1.165, 1.54) is 17.5 Å². The molecule has 1 aromatic carbocycles. The summed E-state index contributed by atoms with van der Waals surface area (Å²) in [6, 6.07) is 9.28. The van der Waals surface area contributed by atoms with Crippen molar-refractivity contribution in [2.45, 2.75) is 45.2 Å². The molecule has 1 aliphatic heterocycles. The van der Waals surface area contributed by atoms with Gasteiger partial charge in [0.25, 0.3) is 0 Å². The number of benzene rings is 1. The zero-order valence-corrected chi connectivity index (χ0v) is 10.9. The summed E-state index contributed by atoms with van der Waals surface area (Å²) in [5.74, 6) is 0.598. The van der Waals surface area contributed by atoms with Gasteiger partial charge in [0.2, 0.25) is 0 Å². The van der Waals surface area contributed by atoms with E-state index in [1.807, 2.05) is 0 Å². The Morgan fingerprint density at radius 1 is 1.29 bits per heavy atom. The van der Waals surface area contributed by atoms with E-state index >= 15 is 0 Å². The topological polar surface area (TPSA) is 23.5 Å². The van der Waals surface area contributed by atoms with Crippen LogP contribution in [-0.4, -0.2) is 29.2 Å². The Bertz CT molecular complexity index is 344. The van der Waals surface area contributed by atoms with Crippen LogP contribution in [0.25, 0.3) is 0 Å². The van der Waals surface area contributed by atoms with Crippen LogP contribution in [0, 0.1) is 0 Å². The maximum atomic E-state index is 9.29. The lowest BCUT2D eigenvalue weighted by Gasteiger charge is -2.22. The highest BCUT2D eigenvalue weighted by atomic mass is 16.3. The summed E-state index contributed by atoms with van der Waals surface area (Å²) in [7, 11) is 0. The van der Waals surface area contributed by atoms with E-state index in [4.69, 9.17) is 0 Å². The molecule has 0 amide bonds. The summed E-state index contributed by atoms with van der Waals surface area (Å²) in [4.78, 5) is 2.39. The van der Waals surface area contributed by atoms with E-state index in [1.54, 1.807) is 0 Å². The molecule has 1 saturated heterocycles. The predicted molar refractivity (Wildman–Crippen MR) is 71.0 cm³/mol. The zero-order valence-electron chi connectivity index (χ0n) is 10.9. The van der Waals surface area contributed by atoms with Crippen molar-refractivity contribution >= 4 is 0 Å². The maximum absolute atomic E-state index is 9.29. The largest absolute Gasteiger partial charge is 0.395 e. The molecule has 2 nitrogen and oxygen atoms in total. The third-order valence-electron chi connectivity index (χ3n) is 3.74. The van der Waals surface area contributed by atoms with Gasteiger partial charge in [-0.15, -0.1) is 0 Å². The molecule has 2 rings (SSSR count). The minimum Gasteiger partial charge on any atom is -0.395 e. The minimum atomic E-state index is 0.296. The molecule has 0 spiro atoms. The van der Waals surface area contributed by atoms with E-state index < -0.39 is 0 Å². The lowest BCUT2D eigenvalue weighted by atomic mass is 10.0. The second kappa shape index (κ2) is 5.65. The standard InChI is InChI=1S/C15H23NO/c1-12(2)14-7-5-13(6-8-14)10-16-9-3-4-15(16)11-17/h5-8,12,15,17H,3-4,9-11H2,1-2H3. The van der Waals surface area contributed by atoms with Gasteiger partial charge in [0.05, 0.1) is 6.61 Å².